The SMILES string of the molecule is CNCCNC(=O)c1cccnc1N1CCOCC1.Cl.Cl. The van der Waals surface area contributed by atoms with Crippen LogP contribution in [0.2, 0.25) is 0 Å². The standard InChI is InChI=1S/C13H20N4O2.2ClH/c1-14-5-6-16-13(18)11-3-2-4-15-12(11)17-7-9-19-10-8-17;;/h2-4,14H,5-10H2,1H3,(H,16,18);2*1H. The van der Waals surface area contributed by atoms with Crippen molar-refractivity contribution < 1.29 is 9.53 Å². The highest BCUT2D eigenvalue weighted by atomic mass is 35.5. The first-order valence-corrected chi connectivity index (χ1v) is 6.53. The fraction of sp³-hybridized carbons (Fsp3) is 0.538. The number of halogens is 2. The summed E-state index contributed by atoms with van der Waals surface area (Å²) in [5.41, 5.74) is 0.625. The number of likely N-dealkylation sites (N-methyl/N-ethyl adjacent to an activating group) is 1. The molecule has 0 spiro atoms. The number of hydrogen-bond donors (Lipinski definition) is 2. The Kier molecular flexibility index (Phi) is 10.1. The van der Waals surface area contributed by atoms with E-state index in [1.54, 1.807) is 12.3 Å². The van der Waals surface area contributed by atoms with Gasteiger partial charge in [-0.15, -0.1) is 24.8 Å². The largest absolute Gasteiger partial charge is 0.378 e. The highest BCUT2D eigenvalue weighted by Gasteiger charge is 2.19. The summed E-state index contributed by atoms with van der Waals surface area (Å²) in [5.74, 6) is 0.664. The second-order valence-corrected chi connectivity index (χ2v) is 4.33. The normalized spacial score (nSPS) is 13.9. The van der Waals surface area contributed by atoms with Gasteiger partial charge in [0.25, 0.3) is 5.91 Å². The average Bonchev–Trinajstić information content (AvgIpc) is 2.48. The van der Waals surface area contributed by atoms with Crippen LogP contribution in [0.25, 0.3) is 0 Å². The second-order valence-electron chi connectivity index (χ2n) is 4.33. The van der Waals surface area contributed by atoms with Crippen LogP contribution in [0.5, 0.6) is 0 Å². The zero-order valence-electron chi connectivity index (χ0n) is 12.0. The number of rotatable bonds is 5. The van der Waals surface area contributed by atoms with Crippen LogP contribution in [0.15, 0.2) is 18.3 Å². The van der Waals surface area contributed by atoms with Crippen LogP contribution in [0.3, 0.4) is 0 Å². The van der Waals surface area contributed by atoms with Crippen LogP contribution in [0.4, 0.5) is 5.82 Å². The lowest BCUT2D eigenvalue weighted by molar-refractivity contribution is 0.0952. The number of ether oxygens (including phenoxy) is 1. The Hall–Kier alpha value is -1.08. The van der Waals surface area contributed by atoms with E-state index in [-0.39, 0.29) is 30.7 Å². The summed E-state index contributed by atoms with van der Waals surface area (Å²) in [6.07, 6.45) is 1.72. The number of nitrogens with zero attached hydrogens (tertiary/aromatic N) is 2. The number of nitrogens with one attached hydrogen (secondary N) is 2. The molecule has 1 aromatic heterocycles. The van der Waals surface area contributed by atoms with Crippen molar-refractivity contribution in [2.45, 2.75) is 0 Å². The van der Waals surface area contributed by atoms with Crippen molar-refractivity contribution in [1.82, 2.24) is 15.6 Å². The molecule has 0 unspecified atom stereocenters. The Labute approximate surface area is 137 Å². The minimum atomic E-state index is -0.0789. The number of carbonyl (C=O) groups is 1. The molecular formula is C13H22Cl2N4O2. The molecule has 2 N–H and O–H groups in total. The molecule has 1 aromatic rings. The molecule has 8 heteroatoms. The molecule has 1 amide bonds. The van der Waals surface area contributed by atoms with Crippen molar-refractivity contribution in [3.05, 3.63) is 23.9 Å². The molecule has 0 saturated carbocycles. The van der Waals surface area contributed by atoms with Crippen LogP contribution < -0.4 is 15.5 Å². The highest BCUT2D eigenvalue weighted by molar-refractivity contribution is 5.98. The maximum absolute atomic E-state index is 12.1. The van der Waals surface area contributed by atoms with Crippen molar-refractivity contribution in [2.75, 3.05) is 51.3 Å². The van der Waals surface area contributed by atoms with E-state index in [4.69, 9.17) is 4.74 Å². The van der Waals surface area contributed by atoms with Crippen LogP contribution >= 0.6 is 24.8 Å². The quantitative estimate of drug-likeness (QED) is 0.775. The Bertz CT molecular complexity index is 428. The van der Waals surface area contributed by atoms with Crippen LogP contribution in [-0.4, -0.2) is 57.3 Å². The second kappa shape index (κ2) is 10.6. The molecule has 2 heterocycles. The first-order valence-electron chi connectivity index (χ1n) is 6.53. The van der Waals surface area contributed by atoms with Gasteiger partial charge in [-0.2, -0.15) is 0 Å². The van der Waals surface area contributed by atoms with Crippen LogP contribution in [0, 0.1) is 0 Å². The van der Waals surface area contributed by atoms with Gasteiger partial charge in [-0.3, -0.25) is 4.79 Å². The summed E-state index contributed by atoms with van der Waals surface area (Å²) in [6.45, 7) is 4.25. The van der Waals surface area contributed by atoms with E-state index in [1.165, 1.54) is 0 Å². The fourth-order valence-corrected chi connectivity index (χ4v) is 2.00. The van der Waals surface area contributed by atoms with Gasteiger partial charge < -0.3 is 20.3 Å². The number of pyridine rings is 1. The van der Waals surface area contributed by atoms with Crippen LogP contribution in [-0.2, 0) is 4.74 Å². The molecule has 0 bridgehead atoms. The lowest BCUT2D eigenvalue weighted by Crippen LogP contribution is -2.39. The van der Waals surface area contributed by atoms with Gasteiger partial charge in [0, 0.05) is 32.4 Å². The predicted molar refractivity (Wildman–Crippen MR) is 88.0 cm³/mol. The molecular weight excluding hydrogens is 315 g/mol. The van der Waals surface area contributed by atoms with Crippen molar-refractivity contribution in [2.24, 2.45) is 0 Å². The zero-order valence-corrected chi connectivity index (χ0v) is 13.6. The van der Waals surface area contributed by atoms with Crippen molar-refractivity contribution in [3.8, 4) is 0 Å². The highest BCUT2D eigenvalue weighted by Crippen LogP contribution is 2.18. The number of hydrogen-bond acceptors (Lipinski definition) is 5. The summed E-state index contributed by atoms with van der Waals surface area (Å²) in [4.78, 5) is 18.6. The molecule has 1 saturated heterocycles. The topological polar surface area (TPSA) is 66.5 Å². The Morgan fingerprint density at radius 1 is 1.33 bits per heavy atom. The first-order chi connectivity index (χ1) is 9.33. The van der Waals surface area contributed by atoms with Crippen molar-refractivity contribution in [1.29, 1.82) is 0 Å². The van der Waals surface area contributed by atoms with Gasteiger partial charge in [-0.1, -0.05) is 0 Å². The van der Waals surface area contributed by atoms with E-state index in [0.717, 1.165) is 25.5 Å². The molecule has 0 radical (unpaired) electrons. The summed E-state index contributed by atoms with van der Waals surface area (Å²) in [7, 11) is 1.86. The van der Waals surface area contributed by atoms with E-state index < -0.39 is 0 Å². The predicted octanol–water partition coefficient (Wildman–Crippen LogP) is 0.711. The smallest absolute Gasteiger partial charge is 0.255 e. The van der Waals surface area contributed by atoms with Gasteiger partial charge in [0.05, 0.1) is 18.8 Å². The molecule has 1 aliphatic heterocycles. The first kappa shape index (κ1) is 19.9. The zero-order chi connectivity index (χ0) is 13.5. The molecule has 21 heavy (non-hydrogen) atoms. The van der Waals surface area contributed by atoms with Crippen molar-refractivity contribution in [3.63, 3.8) is 0 Å². The van der Waals surface area contributed by atoms with Gasteiger partial charge in [0.1, 0.15) is 5.82 Å². The van der Waals surface area contributed by atoms with Gasteiger partial charge >= 0.3 is 0 Å². The van der Waals surface area contributed by atoms with Gasteiger partial charge in [-0.25, -0.2) is 4.98 Å². The third-order valence-electron chi connectivity index (χ3n) is 3.00. The monoisotopic (exact) mass is 336 g/mol. The number of aromatic nitrogens is 1. The average molecular weight is 337 g/mol. The van der Waals surface area contributed by atoms with E-state index in [0.29, 0.717) is 25.3 Å². The summed E-state index contributed by atoms with van der Waals surface area (Å²) in [6, 6.07) is 3.60. The Balaban J connectivity index is 0.00000200. The molecule has 1 fully saturated rings. The third-order valence-corrected chi connectivity index (χ3v) is 3.00. The van der Waals surface area contributed by atoms with Crippen LogP contribution in [0.1, 0.15) is 10.4 Å². The lowest BCUT2D eigenvalue weighted by atomic mass is 10.2. The van der Waals surface area contributed by atoms with E-state index in [1.807, 2.05) is 13.1 Å². The maximum atomic E-state index is 12.1. The minimum Gasteiger partial charge on any atom is -0.378 e. The number of amides is 1. The molecule has 6 nitrogen and oxygen atoms in total. The lowest BCUT2D eigenvalue weighted by Gasteiger charge is -2.29. The summed E-state index contributed by atoms with van der Waals surface area (Å²) in [5, 5.41) is 5.88. The van der Waals surface area contributed by atoms with Gasteiger partial charge in [-0.05, 0) is 19.2 Å². The van der Waals surface area contributed by atoms with Gasteiger partial charge in [0.2, 0.25) is 0 Å². The van der Waals surface area contributed by atoms with Crippen molar-refractivity contribution >= 4 is 36.5 Å². The molecule has 0 atom stereocenters. The molecule has 120 valence electrons. The molecule has 1 aliphatic rings. The maximum Gasteiger partial charge on any atom is 0.255 e. The Morgan fingerprint density at radius 2 is 2.05 bits per heavy atom. The van der Waals surface area contributed by atoms with E-state index in [9.17, 15) is 4.79 Å². The Morgan fingerprint density at radius 3 is 2.71 bits per heavy atom. The van der Waals surface area contributed by atoms with Gasteiger partial charge in [0.15, 0.2) is 0 Å². The third kappa shape index (κ3) is 5.67. The molecule has 0 aliphatic carbocycles. The summed E-state index contributed by atoms with van der Waals surface area (Å²) < 4.78 is 5.32. The molecule has 0 aromatic carbocycles. The number of morpholine rings is 1. The van der Waals surface area contributed by atoms with E-state index in [2.05, 4.69) is 20.5 Å². The number of anilines is 1. The fourth-order valence-electron chi connectivity index (χ4n) is 2.00. The molecule has 2 rings (SSSR count). The van der Waals surface area contributed by atoms with E-state index >= 15 is 0 Å². The summed E-state index contributed by atoms with van der Waals surface area (Å²) >= 11 is 0. The minimum absolute atomic E-state index is 0. The number of carbonyl (C=O) groups excluding carboxylic acids is 1.